The van der Waals surface area contributed by atoms with Gasteiger partial charge in [-0.3, -0.25) is 9.59 Å². The Bertz CT molecular complexity index is 770. The highest BCUT2D eigenvalue weighted by Gasteiger charge is 2.35. The molecule has 7 heteroatoms. The third kappa shape index (κ3) is 4.96. The van der Waals surface area contributed by atoms with Crippen LogP contribution in [0.1, 0.15) is 55.8 Å². The normalized spacial score (nSPS) is 26.6. The Morgan fingerprint density at radius 3 is 2.33 bits per heavy atom. The van der Waals surface area contributed by atoms with E-state index in [-0.39, 0.29) is 30.2 Å². The fourth-order valence-electron chi connectivity index (χ4n) is 4.09. The van der Waals surface area contributed by atoms with Crippen LogP contribution < -0.4 is 4.72 Å². The van der Waals surface area contributed by atoms with Gasteiger partial charge in [-0.2, -0.15) is 0 Å². The maximum atomic E-state index is 12.9. The number of hydrogen-bond donors (Lipinski definition) is 1. The van der Waals surface area contributed by atoms with Crippen LogP contribution in [0.4, 0.5) is 0 Å². The Hall–Kier alpha value is -1.73. The first-order valence-corrected chi connectivity index (χ1v) is 11.3. The molecular weight excluding hydrogens is 364 g/mol. The number of Topliss-reactive ketones (excluding diaryl/α,β-unsaturated/α-hetero) is 1. The summed E-state index contributed by atoms with van der Waals surface area (Å²) in [6.07, 6.45) is 4.13. The second kappa shape index (κ2) is 8.52. The Balaban J connectivity index is 1.60. The number of ketones is 1. The molecule has 1 aromatic rings. The van der Waals surface area contributed by atoms with Crippen molar-refractivity contribution in [2.45, 2.75) is 56.7 Å². The van der Waals surface area contributed by atoms with Crippen molar-refractivity contribution in [1.82, 2.24) is 9.62 Å². The zero-order valence-corrected chi connectivity index (χ0v) is 16.6. The van der Waals surface area contributed by atoms with Crippen molar-refractivity contribution in [3.05, 3.63) is 35.9 Å². The molecule has 3 rings (SSSR count). The molecule has 1 saturated carbocycles. The van der Waals surface area contributed by atoms with Crippen LogP contribution in [0.2, 0.25) is 0 Å². The summed E-state index contributed by atoms with van der Waals surface area (Å²) in [7, 11) is -3.50. The number of nitrogens with one attached hydrogen (secondary N) is 1. The topological polar surface area (TPSA) is 83.6 Å². The third-order valence-corrected chi connectivity index (χ3v) is 7.68. The Morgan fingerprint density at radius 2 is 1.70 bits per heavy atom. The number of rotatable bonds is 5. The molecule has 1 N–H and O–H groups in total. The maximum Gasteiger partial charge on any atom is 0.253 e. The zero-order chi connectivity index (χ0) is 19.4. The largest absolute Gasteiger partial charge is 0.337 e. The summed E-state index contributed by atoms with van der Waals surface area (Å²) in [5.41, 5.74) is 0.589. The van der Waals surface area contributed by atoms with Crippen LogP contribution in [0.5, 0.6) is 0 Å². The van der Waals surface area contributed by atoms with E-state index >= 15 is 0 Å². The standard InChI is InChI=1S/C20H28N2O4S/c1-15(23)16-9-11-18(12-10-16)21-27(25,26)19-8-5-13-22(14-19)20(24)17-6-3-2-4-7-17/h2-4,6-7,16,18-19,21H,5,8-14H2,1H3. The van der Waals surface area contributed by atoms with Crippen molar-refractivity contribution in [1.29, 1.82) is 0 Å². The molecule has 27 heavy (non-hydrogen) atoms. The number of carbonyl (C=O) groups is 2. The van der Waals surface area contributed by atoms with Crippen molar-refractivity contribution in [3.63, 3.8) is 0 Å². The van der Waals surface area contributed by atoms with Gasteiger partial charge in [0, 0.05) is 30.6 Å². The van der Waals surface area contributed by atoms with Gasteiger partial charge in [-0.05, 0) is 57.6 Å². The molecule has 1 unspecified atom stereocenters. The van der Waals surface area contributed by atoms with E-state index in [1.165, 1.54) is 0 Å². The number of piperidine rings is 1. The molecule has 1 aliphatic carbocycles. The Labute approximate surface area is 161 Å². The fraction of sp³-hybridized carbons (Fsp3) is 0.600. The number of benzene rings is 1. The average molecular weight is 393 g/mol. The number of amides is 1. The van der Waals surface area contributed by atoms with Gasteiger partial charge in [0.25, 0.3) is 5.91 Å². The molecule has 0 bridgehead atoms. The lowest BCUT2D eigenvalue weighted by molar-refractivity contribution is -0.121. The lowest BCUT2D eigenvalue weighted by atomic mass is 9.84. The molecule has 1 saturated heterocycles. The summed E-state index contributed by atoms with van der Waals surface area (Å²) in [4.78, 5) is 25.8. The Morgan fingerprint density at radius 1 is 1.04 bits per heavy atom. The second-order valence-corrected chi connectivity index (χ2v) is 9.70. The number of nitrogens with zero attached hydrogens (tertiary/aromatic N) is 1. The van der Waals surface area contributed by atoms with Crippen molar-refractivity contribution in [3.8, 4) is 0 Å². The van der Waals surface area contributed by atoms with Gasteiger partial charge in [0.2, 0.25) is 10.0 Å². The van der Waals surface area contributed by atoms with Crippen molar-refractivity contribution >= 4 is 21.7 Å². The highest BCUT2D eigenvalue weighted by molar-refractivity contribution is 7.90. The quantitative estimate of drug-likeness (QED) is 0.834. The van der Waals surface area contributed by atoms with E-state index in [1.807, 2.05) is 18.2 Å². The summed E-state index contributed by atoms with van der Waals surface area (Å²) < 4.78 is 28.6. The van der Waals surface area contributed by atoms with Crippen molar-refractivity contribution in [2.24, 2.45) is 5.92 Å². The van der Waals surface area contributed by atoms with Gasteiger partial charge in [-0.15, -0.1) is 0 Å². The minimum absolute atomic E-state index is 0.0689. The van der Waals surface area contributed by atoms with Crippen LogP contribution in [-0.2, 0) is 14.8 Å². The molecule has 2 fully saturated rings. The first-order chi connectivity index (χ1) is 12.9. The number of carbonyl (C=O) groups excluding carboxylic acids is 2. The minimum atomic E-state index is -3.50. The van der Waals surface area contributed by atoms with E-state index in [0.717, 1.165) is 12.8 Å². The molecule has 1 amide bonds. The SMILES string of the molecule is CC(=O)C1CCC(NS(=O)(=O)C2CCCN(C(=O)c3ccccc3)C2)CC1. The van der Waals surface area contributed by atoms with Crippen LogP contribution in [0.3, 0.4) is 0 Å². The average Bonchev–Trinajstić information content (AvgIpc) is 2.68. The number of likely N-dealkylation sites (tertiary alicyclic amines) is 1. The molecule has 6 nitrogen and oxygen atoms in total. The van der Waals surface area contributed by atoms with Crippen LogP contribution in [0.15, 0.2) is 30.3 Å². The van der Waals surface area contributed by atoms with Crippen LogP contribution in [-0.4, -0.2) is 49.4 Å². The lowest BCUT2D eigenvalue weighted by Crippen LogP contribution is -2.50. The van der Waals surface area contributed by atoms with Gasteiger partial charge >= 0.3 is 0 Å². The maximum absolute atomic E-state index is 12.9. The minimum Gasteiger partial charge on any atom is -0.337 e. The molecule has 2 aliphatic rings. The monoisotopic (exact) mass is 392 g/mol. The summed E-state index contributed by atoms with van der Waals surface area (Å²) in [5, 5.41) is -0.579. The number of sulfonamides is 1. The Kier molecular flexibility index (Phi) is 6.32. The summed E-state index contributed by atoms with van der Waals surface area (Å²) in [6, 6.07) is 8.88. The van der Waals surface area contributed by atoms with E-state index in [4.69, 9.17) is 0 Å². The highest BCUT2D eigenvalue weighted by atomic mass is 32.2. The first kappa shape index (κ1) is 20.0. The van der Waals surface area contributed by atoms with Gasteiger partial charge < -0.3 is 4.90 Å². The van der Waals surface area contributed by atoms with Crippen LogP contribution in [0, 0.1) is 5.92 Å². The smallest absolute Gasteiger partial charge is 0.253 e. The molecule has 1 heterocycles. The molecule has 1 aromatic carbocycles. The van der Waals surface area contributed by atoms with E-state index in [2.05, 4.69) is 4.72 Å². The summed E-state index contributed by atoms with van der Waals surface area (Å²) in [5.74, 6) is 0.149. The van der Waals surface area contributed by atoms with E-state index in [9.17, 15) is 18.0 Å². The molecule has 0 aromatic heterocycles. The summed E-state index contributed by atoms with van der Waals surface area (Å²) in [6.45, 7) is 2.42. The van der Waals surface area contributed by atoms with Gasteiger partial charge in [0.15, 0.2) is 0 Å². The third-order valence-electron chi connectivity index (χ3n) is 5.76. The number of hydrogen-bond acceptors (Lipinski definition) is 4. The van der Waals surface area contributed by atoms with E-state index in [0.29, 0.717) is 37.8 Å². The zero-order valence-electron chi connectivity index (χ0n) is 15.8. The lowest BCUT2D eigenvalue weighted by Gasteiger charge is -2.34. The molecule has 0 radical (unpaired) electrons. The van der Waals surface area contributed by atoms with Crippen LogP contribution >= 0.6 is 0 Å². The summed E-state index contributed by atoms with van der Waals surface area (Å²) >= 11 is 0. The molecule has 1 aliphatic heterocycles. The fourth-order valence-corrected chi connectivity index (χ4v) is 5.83. The highest BCUT2D eigenvalue weighted by Crippen LogP contribution is 2.26. The predicted octanol–water partition coefficient (Wildman–Crippen LogP) is 2.36. The molecule has 1 atom stereocenters. The van der Waals surface area contributed by atoms with Gasteiger partial charge in [-0.25, -0.2) is 13.1 Å². The van der Waals surface area contributed by atoms with Gasteiger partial charge in [0.1, 0.15) is 5.78 Å². The molecule has 0 spiro atoms. The second-order valence-electron chi connectivity index (χ2n) is 7.70. The van der Waals surface area contributed by atoms with E-state index < -0.39 is 15.3 Å². The van der Waals surface area contributed by atoms with Crippen LogP contribution in [0.25, 0.3) is 0 Å². The first-order valence-electron chi connectivity index (χ1n) is 9.72. The molecule has 148 valence electrons. The van der Waals surface area contributed by atoms with Gasteiger partial charge in [0.05, 0.1) is 5.25 Å². The molecular formula is C20H28N2O4S. The van der Waals surface area contributed by atoms with Gasteiger partial charge in [-0.1, -0.05) is 18.2 Å². The van der Waals surface area contributed by atoms with Crippen molar-refractivity contribution in [2.75, 3.05) is 13.1 Å². The van der Waals surface area contributed by atoms with Crippen molar-refractivity contribution < 1.29 is 18.0 Å². The van der Waals surface area contributed by atoms with E-state index in [1.54, 1.807) is 24.0 Å². The predicted molar refractivity (Wildman–Crippen MR) is 104 cm³/mol.